The van der Waals surface area contributed by atoms with E-state index < -0.39 is 0 Å². The van der Waals surface area contributed by atoms with Crippen molar-refractivity contribution in [3.63, 3.8) is 0 Å². The predicted molar refractivity (Wildman–Crippen MR) is 107 cm³/mol. The van der Waals surface area contributed by atoms with E-state index in [1.807, 2.05) is 18.2 Å². The van der Waals surface area contributed by atoms with Crippen LogP contribution in [0, 0.1) is 11.8 Å². The number of amides is 1. The second-order valence-corrected chi connectivity index (χ2v) is 8.39. The molecule has 5 nitrogen and oxygen atoms in total. The Morgan fingerprint density at radius 1 is 1.04 bits per heavy atom. The Kier molecular flexibility index (Phi) is 4.65. The summed E-state index contributed by atoms with van der Waals surface area (Å²) in [5, 5.41) is 0. The highest BCUT2D eigenvalue weighted by Crippen LogP contribution is 2.49. The molecule has 3 aliphatic heterocycles. The summed E-state index contributed by atoms with van der Waals surface area (Å²) in [5.74, 6) is 1.15. The maximum atomic E-state index is 13.3. The molecule has 1 spiro atoms. The van der Waals surface area contributed by atoms with Crippen molar-refractivity contribution in [1.29, 1.82) is 0 Å². The maximum absolute atomic E-state index is 13.3. The Hall–Kier alpha value is -2.24. The van der Waals surface area contributed by atoms with Gasteiger partial charge in [0.15, 0.2) is 0 Å². The van der Waals surface area contributed by atoms with Gasteiger partial charge in [0.1, 0.15) is 5.69 Å². The van der Waals surface area contributed by atoms with Gasteiger partial charge in [-0.1, -0.05) is 36.4 Å². The SMILES string of the molecule is O=C(c1ccccn1)N1CC2CN(Cc3ccccc3)CC2C12CCOCC2. The molecule has 28 heavy (non-hydrogen) atoms. The summed E-state index contributed by atoms with van der Waals surface area (Å²) in [6, 6.07) is 16.3. The summed E-state index contributed by atoms with van der Waals surface area (Å²) < 4.78 is 5.69. The molecule has 2 atom stereocenters. The molecule has 0 saturated carbocycles. The molecular weight excluding hydrogens is 350 g/mol. The average Bonchev–Trinajstić information content (AvgIpc) is 3.27. The Bertz CT molecular complexity index is 820. The number of hydrogen-bond acceptors (Lipinski definition) is 4. The number of pyridine rings is 1. The van der Waals surface area contributed by atoms with Gasteiger partial charge in [-0.25, -0.2) is 0 Å². The van der Waals surface area contributed by atoms with E-state index >= 15 is 0 Å². The number of nitrogens with zero attached hydrogens (tertiary/aromatic N) is 3. The highest BCUT2D eigenvalue weighted by atomic mass is 16.5. The lowest BCUT2D eigenvalue weighted by atomic mass is 9.76. The van der Waals surface area contributed by atoms with Crippen LogP contribution in [0.2, 0.25) is 0 Å². The number of ether oxygens (including phenoxy) is 1. The van der Waals surface area contributed by atoms with E-state index in [0.717, 1.165) is 52.2 Å². The van der Waals surface area contributed by atoms with E-state index in [2.05, 4.69) is 45.1 Å². The summed E-state index contributed by atoms with van der Waals surface area (Å²) in [5.41, 5.74) is 1.85. The first-order valence-electron chi connectivity index (χ1n) is 10.3. The van der Waals surface area contributed by atoms with Crippen molar-refractivity contribution < 1.29 is 9.53 Å². The number of carbonyl (C=O) groups excluding carboxylic acids is 1. The first-order valence-corrected chi connectivity index (χ1v) is 10.3. The first-order chi connectivity index (χ1) is 13.8. The zero-order chi connectivity index (χ0) is 19.0. The first kappa shape index (κ1) is 17.8. The third-order valence-corrected chi connectivity index (χ3v) is 6.90. The van der Waals surface area contributed by atoms with Gasteiger partial charge in [-0.05, 0) is 36.5 Å². The van der Waals surface area contributed by atoms with E-state index in [-0.39, 0.29) is 11.4 Å². The van der Waals surface area contributed by atoms with Gasteiger partial charge in [0.25, 0.3) is 5.91 Å². The number of fused-ring (bicyclic) bond motifs is 2. The van der Waals surface area contributed by atoms with Crippen LogP contribution in [0.5, 0.6) is 0 Å². The molecule has 2 unspecified atom stereocenters. The zero-order valence-corrected chi connectivity index (χ0v) is 16.2. The monoisotopic (exact) mass is 377 g/mol. The van der Waals surface area contributed by atoms with Gasteiger partial charge in [0.2, 0.25) is 0 Å². The van der Waals surface area contributed by atoms with Crippen molar-refractivity contribution in [2.45, 2.75) is 24.9 Å². The summed E-state index contributed by atoms with van der Waals surface area (Å²) in [4.78, 5) is 22.4. The van der Waals surface area contributed by atoms with Crippen LogP contribution in [0.25, 0.3) is 0 Å². The highest BCUT2D eigenvalue weighted by Gasteiger charge is 2.58. The van der Waals surface area contributed by atoms with Crippen molar-refractivity contribution >= 4 is 5.91 Å². The van der Waals surface area contributed by atoms with Gasteiger partial charge in [-0.15, -0.1) is 0 Å². The van der Waals surface area contributed by atoms with Crippen LogP contribution in [0.4, 0.5) is 0 Å². The molecule has 1 amide bonds. The molecule has 5 rings (SSSR count). The molecule has 3 aliphatic rings. The van der Waals surface area contributed by atoms with Gasteiger partial charge in [-0.3, -0.25) is 14.7 Å². The van der Waals surface area contributed by atoms with Crippen LogP contribution in [0.3, 0.4) is 0 Å². The molecule has 0 N–H and O–H groups in total. The molecule has 146 valence electrons. The van der Waals surface area contributed by atoms with Crippen LogP contribution in [0.15, 0.2) is 54.7 Å². The van der Waals surface area contributed by atoms with E-state index in [1.165, 1.54) is 5.56 Å². The number of aromatic nitrogens is 1. The summed E-state index contributed by atoms with van der Waals surface area (Å²) >= 11 is 0. The van der Waals surface area contributed by atoms with Gasteiger partial charge >= 0.3 is 0 Å². The van der Waals surface area contributed by atoms with E-state index in [4.69, 9.17) is 4.74 Å². The summed E-state index contributed by atoms with van der Waals surface area (Å²) in [7, 11) is 0. The molecule has 0 bridgehead atoms. The fourth-order valence-corrected chi connectivity index (χ4v) is 5.62. The largest absolute Gasteiger partial charge is 0.381 e. The predicted octanol–water partition coefficient (Wildman–Crippen LogP) is 2.83. The van der Waals surface area contributed by atoms with Gasteiger partial charge in [0, 0.05) is 51.5 Å². The van der Waals surface area contributed by atoms with Crippen LogP contribution in [0.1, 0.15) is 28.9 Å². The van der Waals surface area contributed by atoms with Crippen molar-refractivity contribution in [1.82, 2.24) is 14.8 Å². The van der Waals surface area contributed by atoms with Crippen LogP contribution in [-0.2, 0) is 11.3 Å². The fourth-order valence-electron chi connectivity index (χ4n) is 5.62. The van der Waals surface area contributed by atoms with E-state index in [9.17, 15) is 4.79 Å². The molecule has 3 saturated heterocycles. The van der Waals surface area contributed by atoms with E-state index in [1.54, 1.807) is 6.20 Å². The Labute approximate surface area is 166 Å². The lowest BCUT2D eigenvalue weighted by Gasteiger charge is -2.45. The molecule has 3 fully saturated rings. The third kappa shape index (κ3) is 3.03. The van der Waals surface area contributed by atoms with Crippen LogP contribution < -0.4 is 0 Å². The normalized spacial score (nSPS) is 26.5. The average molecular weight is 377 g/mol. The van der Waals surface area contributed by atoms with Gasteiger partial charge < -0.3 is 9.64 Å². The minimum Gasteiger partial charge on any atom is -0.381 e. The topological polar surface area (TPSA) is 45.7 Å². The molecule has 1 aromatic carbocycles. The van der Waals surface area contributed by atoms with Gasteiger partial charge in [0.05, 0.1) is 5.54 Å². The second-order valence-electron chi connectivity index (χ2n) is 8.39. The Balaban J connectivity index is 1.39. The number of carbonyl (C=O) groups is 1. The quantitative estimate of drug-likeness (QED) is 0.825. The fraction of sp³-hybridized carbons (Fsp3) is 0.478. The van der Waals surface area contributed by atoms with Gasteiger partial charge in [-0.2, -0.15) is 0 Å². The van der Waals surface area contributed by atoms with E-state index in [0.29, 0.717) is 17.5 Å². The molecule has 2 aromatic rings. The zero-order valence-electron chi connectivity index (χ0n) is 16.2. The summed E-state index contributed by atoms with van der Waals surface area (Å²) in [6.07, 6.45) is 3.58. The molecule has 5 heteroatoms. The smallest absolute Gasteiger partial charge is 0.272 e. The number of hydrogen-bond donors (Lipinski definition) is 0. The second kappa shape index (κ2) is 7.30. The van der Waals surface area contributed by atoms with Crippen LogP contribution in [-0.4, -0.2) is 59.1 Å². The molecule has 1 aromatic heterocycles. The minimum absolute atomic E-state index is 0.0804. The Morgan fingerprint density at radius 3 is 2.57 bits per heavy atom. The lowest BCUT2D eigenvalue weighted by Crippen LogP contribution is -2.55. The lowest BCUT2D eigenvalue weighted by molar-refractivity contribution is -0.0226. The van der Waals surface area contributed by atoms with Crippen molar-refractivity contribution in [3.8, 4) is 0 Å². The minimum atomic E-state index is -0.0804. The number of benzene rings is 1. The highest BCUT2D eigenvalue weighted by molar-refractivity contribution is 5.93. The summed E-state index contributed by atoms with van der Waals surface area (Å²) in [6.45, 7) is 5.45. The van der Waals surface area contributed by atoms with Crippen molar-refractivity contribution in [3.05, 3.63) is 66.0 Å². The number of rotatable bonds is 3. The molecule has 0 radical (unpaired) electrons. The van der Waals surface area contributed by atoms with Crippen LogP contribution >= 0.6 is 0 Å². The standard InChI is InChI=1S/C23H27N3O2/c27-22(21-8-4-5-11-24-21)26-16-19-15-25(14-18-6-2-1-3-7-18)17-20(19)23(26)9-12-28-13-10-23/h1-8,11,19-20H,9-10,12-17H2. The molecule has 4 heterocycles. The molecule has 0 aliphatic carbocycles. The maximum Gasteiger partial charge on any atom is 0.272 e. The van der Waals surface area contributed by atoms with Crippen molar-refractivity contribution in [2.75, 3.05) is 32.8 Å². The number of likely N-dealkylation sites (tertiary alicyclic amines) is 2. The third-order valence-electron chi connectivity index (χ3n) is 6.90. The van der Waals surface area contributed by atoms with Crippen molar-refractivity contribution in [2.24, 2.45) is 11.8 Å². The Morgan fingerprint density at radius 2 is 1.82 bits per heavy atom. The molecular formula is C23H27N3O2.